The van der Waals surface area contributed by atoms with Gasteiger partial charge in [-0.15, -0.1) is 11.3 Å². The number of methoxy groups -OCH3 is 2. The van der Waals surface area contributed by atoms with Gasteiger partial charge in [0.15, 0.2) is 11.5 Å². The van der Waals surface area contributed by atoms with Crippen LogP contribution in [0.5, 0.6) is 11.5 Å². The van der Waals surface area contributed by atoms with Crippen molar-refractivity contribution in [1.82, 2.24) is 9.88 Å². The molecule has 1 aliphatic heterocycles. The number of benzene rings is 1. The number of aryl methyl sites for hydroxylation is 1. The van der Waals surface area contributed by atoms with E-state index in [0.717, 1.165) is 41.9 Å². The van der Waals surface area contributed by atoms with Crippen molar-refractivity contribution in [3.05, 3.63) is 28.8 Å². The monoisotopic (exact) mass is 416 g/mol. The molecule has 1 N–H and O–H groups in total. The van der Waals surface area contributed by atoms with Gasteiger partial charge in [0.25, 0.3) is 5.91 Å². The number of rotatable bonds is 4. The first-order chi connectivity index (χ1) is 13.9. The Labute approximate surface area is 175 Å². The van der Waals surface area contributed by atoms with Crippen LogP contribution in [0.4, 0.5) is 0 Å². The standard InChI is InChI=1S/C22H28N2O4S/c1-14-19(21(25)24-11-10-22(26)9-5-4-6-16(22)13-24)29-20(23-14)15-7-8-17(27-2)18(12-15)28-3/h7-8,12,16,26H,4-6,9-11,13H2,1-3H3/t16-,22-/m0/s1. The summed E-state index contributed by atoms with van der Waals surface area (Å²) in [5, 5.41) is 11.7. The maximum absolute atomic E-state index is 13.2. The van der Waals surface area contributed by atoms with Gasteiger partial charge in [-0.3, -0.25) is 4.79 Å². The lowest BCUT2D eigenvalue weighted by molar-refractivity contribution is -0.0885. The van der Waals surface area contributed by atoms with Gasteiger partial charge in [-0.2, -0.15) is 0 Å². The lowest BCUT2D eigenvalue weighted by atomic mass is 9.71. The zero-order valence-corrected chi connectivity index (χ0v) is 18.1. The highest BCUT2D eigenvalue weighted by Gasteiger charge is 2.44. The molecule has 1 saturated heterocycles. The second kappa shape index (κ2) is 7.95. The first kappa shape index (κ1) is 20.2. The smallest absolute Gasteiger partial charge is 0.265 e. The summed E-state index contributed by atoms with van der Waals surface area (Å²) < 4.78 is 10.7. The zero-order chi connectivity index (χ0) is 20.6. The van der Waals surface area contributed by atoms with E-state index in [2.05, 4.69) is 4.98 Å². The summed E-state index contributed by atoms with van der Waals surface area (Å²) in [5.41, 5.74) is 1.06. The Bertz CT molecular complexity index is 912. The highest BCUT2D eigenvalue weighted by Crippen LogP contribution is 2.41. The van der Waals surface area contributed by atoms with Crippen LogP contribution in [-0.2, 0) is 0 Å². The number of hydrogen-bond acceptors (Lipinski definition) is 6. The lowest BCUT2D eigenvalue weighted by Gasteiger charge is -2.47. The van der Waals surface area contributed by atoms with Gasteiger partial charge in [-0.25, -0.2) is 4.98 Å². The first-order valence-corrected chi connectivity index (χ1v) is 11.0. The molecule has 1 aromatic heterocycles. The van der Waals surface area contributed by atoms with Crippen LogP contribution in [0, 0.1) is 12.8 Å². The van der Waals surface area contributed by atoms with Crippen LogP contribution >= 0.6 is 11.3 Å². The van der Waals surface area contributed by atoms with Gasteiger partial charge in [-0.1, -0.05) is 12.8 Å². The molecule has 2 atom stereocenters. The van der Waals surface area contributed by atoms with E-state index in [0.29, 0.717) is 35.9 Å². The third-order valence-corrected chi connectivity index (χ3v) is 7.53. The van der Waals surface area contributed by atoms with Crippen molar-refractivity contribution in [1.29, 1.82) is 0 Å². The quantitative estimate of drug-likeness (QED) is 0.818. The number of aromatic nitrogens is 1. The number of carbonyl (C=O) groups excluding carboxylic acids is 1. The first-order valence-electron chi connectivity index (χ1n) is 10.2. The van der Waals surface area contributed by atoms with Crippen molar-refractivity contribution < 1.29 is 19.4 Å². The van der Waals surface area contributed by atoms with E-state index in [-0.39, 0.29) is 11.8 Å². The van der Waals surface area contributed by atoms with Gasteiger partial charge in [0.1, 0.15) is 9.88 Å². The van der Waals surface area contributed by atoms with Crippen LogP contribution in [0.1, 0.15) is 47.5 Å². The zero-order valence-electron chi connectivity index (χ0n) is 17.2. The van der Waals surface area contributed by atoms with E-state index >= 15 is 0 Å². The van der Waals surface area contributed by atoms with Crippen LogP contribution in [-0.4, -0.2) is 53.8 Å². The van der Waals surface area contributed by atoms with Crippen molar-refractivity contribution in [3.8, 4) is 22.1 Å². The molecule has 2 heterocycles. The SMILES string of the molecule is COc1ccc(-c2nc(C)c(C(=O)N3CC[C@@]4(O)CCCC[C@H]4C3)s2)cc1OC. The minimum atomic E-state index is -0.581. The molecule has 1 aromatic carbocycles. The van der Waals surface area contributed by atoms with Crippen LogP contribution < -0.4 is 9.47 Å². The molecule has 1 saturated carbocycles. The van der Waals surface area contributed by atoms with Gasteiger partial charge in [0, 0.05) is 24.6 Å². The number of likely N-dealkylation sites (tertiary alicyclic amines) is 1. The number of hydrogen-bond donors (Lipinski definition) is 1. The van der Waals surface area contributed by atoms with Gasteiger partial charge in [0.05, 0.1) is 25.5 Å². The third kappa shape index (κ3) is 3.73. The molecule has 2 aliphatic rings. The Morgan fingerprint density at radius 2 is 2.03 bits per heavy atom. The molecule has 1 amide bonds. The fourth-order valence-electron chi connectivity index (χ4n) is 4.59. The molecule has 7 heteroatoms. The van der Waals surface area contributed by atoms with E-state index in [4.69, 9.17) is 9.47 Å². The van der Waals surface area contributed by atoms with E-state index in [1.165, 1.54) is 11.3 Å². The molecule has 2 fully saturated rings. The van der Waals surface area contributed by atoms with Crippen molar-refractivity contribution in [2.45, 2.75) is 44.6 Å². The van der Waals surface area contributed by atoms with E-state index in [9.17, 15) is 9.90 Å². The van der Waals surface area contributed by atoms with Crippen LogP contribution in [0.3, 0.4) is 0 Å². The maximum atomic E-state index is 13.2. The Morgan fingerprint density at radius 1 is 1.24 bits per heavy atom. The Morgan fingerprint density at radius 3 is 2.79 bits per heavy atom. The minimum Gasteiger partial charge on any atom is -0.493 e. The van der Waals surface area contributed by atoms with E-state index in [1.54, 1.807) is 14.2 Å². The highest BCUT2D eigenvalue weighted by atomic mass is 32.1. The molecule has 6 nitrogen and oxygen atoms in total. The third-order valence-electron chi connectivity index (χ3n) is 6.34. The summed E-state index contributed by atoms with van der Waals surface area (Å²) >= 11 is 1.41. The van der Waals surface area contributed by atoms with Gasteiger partial charge in [0.2, 0.25) is 0 Å². The predicted octanol–water partition coefficient (Wildman–Crippen LogP) is 3.90. The largest absolute Gasteiger partial charge is 0.493 e. The second-order valence-electron chi connectivity index (χ2n) is 8.05. The highest BCUT2D eigenvalue weighted by molar-refractivity contribution is 7.17. The van der Waals surface area contributed by atoms with Crippen LogP contribution in [0.25, 0.3) is 10.6 Å². The average molecular weight is 417 g/mol. The molecule has 0 bridgehead atoms. The summed E-state index contributed by atoms with van der Waals surface area (Å²) in [6.45, 7) is 3.13. The fraction of sp³-hybridized carbons (Fsp3) is 0.545. The Balaban J connectivity index is 1.56. The van der Waals surface area contributed by atoms with Gasteiger partial charge >= 0.3 is 0 Å². The lowest BCUT2D eigenvalue weighted by Crippen LogP contribution is -2.54. The Kier molecular flexibility index (Phi) is 5.53. The molecular weight excluding hydrogens is 388 g/mol. The molecule has 0 spiro atoms. The molecule has 156 valence electrons. The number of ether oxygens (including phenoxy) is 2. The number of piperidine rings is 1. The van der Waals surface area contributed by atoms with E-state index in [1.807, 2.05) is 30.0 Å². The van der Waals surface area contributed by atoms with Crippen LogP contribution in [0.15, 0.2) is 18.2 Å². The predicted molar refractivity (Wildman–Crippen MR) is 113 cm³/mol. The molecule has 4 rings (SSSR count). The topological polar surface area (TPSA) is 71.9 Å². The summed E-state index contributed by atoms with van der Waals surface area (Å²) in [6, 6.07) is 5.66. The number of carbonyl (C=O) groups is 1. The molecule has 1 aliphatic carbocycles. The number of fused-ring (bicyclic) bond motifs is 1. The minimum absolute atomic E-state index is 0.0272. The molecule has 2 aromatic rings. The number of nitrogens with zero attached hydrogens (tertiary/aromatic N) is 2. The number of thiazole rings is 1. The molecule has 29 heavy (non-hydrogen) atoms. The molecule has 0 unspecified atom stereocenters. The van der Waals surface area contributed by atoms with Crippen molar-refractivity contribution >= 4 is 17.2 Å². The normalized spacial score (nSPS) is 24.1. The summed E-state index contributed by atoms with van der Waals surface area (Å²) in [4.78, 5) is 20.5. The Hall–Kier alpha value is -2.12. The van der Waals surface area contributed by atoms with Crippen LogP contribution in [0.2, 0.25) is 0 Å². The summed E-state index contributed by atoms with van der Waals surface area (Å²) in [7, 11) is 3.21. The summed E-state index contributed by atoms with van der Waals surface area (Å²) in [6.07, 6.45) is 4.76. The average Bonchev–Trinajstić information content (AvgIpc) is 3.13. The van der Waals surface area contributed by atoms with Gasteiger partial charge in [-0.05, 0) is 44.4 Å². The summed E-state index contributed by atoms with van der Waals surface area (Å²) in [5.74, 6) is 1.51. The van der Waals surface area contributed by atoms with Gasteiger partial charge < -0.3 is 19.5 Å². The molecule has 0 radical (unpaired) electrons. The number of aliphatic hydroxyl groups is 1. The fourth-order valence-corrected chi connectivity index (χ4v) is 5.62. The van der Waals surface area contributed by atoms with Crippen molar-refractivity contribution in [3.63, 3.8) is 0 Å². The molecular formula is C22H28N2O4S. The van der Waals surface area contributed by atoms with Crippen molar-refractivity contribution in [2.24, 2.45) is 5.92 Å². The van der Waals surface area contributed by atoms with Crippen molar-refractivity contribution in [2.75, 3.05) is 27.3 Å². The second-order valence-corrected chi connectivity index (χ2v) is 9.05. The maximum Gasteiger partial charge on any atom is 0.265 e. The number of amides is 1. The van der Waals surface area contributed by atoms with E-state index < -0.39 is 5.60 Å².